The van der Waals surface area contributed by atoms with Crippen LogP contribution in [0.25, 0.3) is 11.1 Å². The summed E-state index contributed by atoms with van der Waals surface area (Å²) in [6, 6.07) is 9.41. The van der Waals surface area contributed by atoms with Crippen LogP contribution in [0.2, 0.25) is 0 Å². The number of rotatable bonds is 5. The molecule has 10 heteroatoms. The van der Waals surface area contributed by atoms with E-state index in [0.29, 0.717) is 28.0 Å². The van der Waals surface area contributed by atoms with E-state index < -0.39 is 23.8 Å². The third kappa shape index (κ3) is 5.21. The Bertz CT molecular complexity index is 1160. The van der Waals surface area contributed by atoms with E-state index >= 15 is 0 Å². The minimum absolute atomic E-state index is 0.0130. The number of benzene rings is 2. The summed E-state index contributed by atoms with van der Waals surface area (Å²) in [5.41, 5.74) is 2.08. The average Bonchev–Trinajstić information content (AvgIpc) is 2.98. The number of hydrogen-bond acceptors (Lipinski definition) is 4. The van der Waals surface area contributed by atoms with Crippen molar-refractivity contribution in [1.29, 1.82) is 0 Å². The van der Waals surface area contributed by atoms with Gasteiger partial charge in [0.2, 0.25) is 0 Å². The molecule has 1 aliphatic heterocycles. The van der Waals surface area contributed by atoms with Crippen molar-refractivity contribution in [3.05, 3.63) is 64.6 Å². The van der Waals surface area contributed by atoms with Crippen LogP contribution in [-0.4, -0.2) is 30.5 Å². The van der Waals surface area contributed by atoms with Crippen molar-refractivity contribution in [2.45, 2.75) is 40.2 Å². The third-order valence-corrected chi connectivity index (χ3v) is 4.86. The monoisotopic (exact) mass is 464 g/mol. The van der Waals surface area contributed by atoms with Crippen molar-refractivity contribution in [2.75, 3.05) is 5.32 Å². The summed E-state index contributed by atoms with van der Waals surface area (Å²) >= 11 is 0. The first kappa shape index (κ1) is 24.3. The number of hydrogen-bond donors (Lipinski definition) is 2. The quantitative estimate of drug-likeness (QED) is 0.232. The summed E-state index contributed by atoms with van der Waals surface area (Å²) < 4.78 is 75.1. The summed E-state index contributed by atoms with van der Waals surface area (Å²) in [7, 11) is 5.66. The van der Waals surface area contributed by atoms with Gasteiger partial charge in [-0.1, -0.05) is 0 Å². The number of allylic oxidation sites excluding steroid dienone is 3. The first-order valence-electron chi connectivity index (χ1n) is 9.75. The minimum atomic E-state index is -4.98. The van der Waals surface area contributed by atoms with Gasteiger partial charge in [0.05, 0.1) is 0 Å². The summed E-state index contributed by atoms with van der Waals surface area (Å²) in [5, 5.41) is 12.6. The second-order valence-electron chi connectivity index (χ2n) is 7.76. The van der Waals surface area contributed by atoms with Gasteiger partial charge in [0.25, 0.3) is 0 Å². The SMILES string of the molecule is [B]=C(C)/C(C(Nc1ccc(-c2cc3c(cc2C)OC(F)(F)O3)cc1)=C(C)C)=C(\O)C(F)(F)F. The van der Waals surface area contributed by atoms with Gasteiger partial charge in [0.15, 0.2) is 0 Å². The van der Waals surface area contributed by atoms with E-state index in [9.17, 15) is 27.1 Å². The molecule has 0 fully saturated rings. The Morgan fingerprint density at radius 2 is 1.55 bits per heavy atom. The molecule has 3 rings (SSSR count). The van der Waals surface area contributed by atoms with Crippen LogP contribution < -0.4 is 14.8 Å². The number of aliphatic hydroxyl groups excluding tert-OH is 1. The van der Waals surface area contributed by atoms with Crippen molar-refractivity contribution >= 4 is 18.6 Å². The normalized spacial score (nSPS) is 15.0. The molecule has 4 nitrogen and oxygen atoms in total. The van der Waals surface area contributed by atoms with E-state index in [1.165, 1.54) is 19.1 Å². The second-order valence-corrected chi connectivity index (χ2v) is 7.76. The first-order valence-corrected chi connectivity index (χ1v) is 9.75. The zero-order chi connectivity index (χ0) is 24.7. The van der Waals surface area contributed by atoms with Gasteiger partial charge in [-0.05, 0) is 0 Å². The maximum absolute atomic E-state index is 13.3. The molecule has 1 radical (unpaired) electrons. The van der Waals surface area contributed by atoms with Crippen molar-refractivity contribution in [2.24, 2.45) is 0 Å². The van der Waals surface area contributed by atoms with Crippen LogP contribution in [0.1, 0.15) is 26.3 Å². The molecular weight excluding hydrogens is 444 g/mol. The first-order chi connectivity index (χ1) is 15.2. The Balaban J connectivity index is 1.94. The van der Waals surface area contributed by atoms with Crippen molar-refractivity contribution < 1.29 is 36.5 Å². The number of alkyl halides is 5. The summed E-state index contributed by atoms with van der Waals surface area (Å²) in [5.74, 6) is -1.96. The van der Waals surface area contributed by atoms with Crippen LogP contribution in [-0.2, 0) is 0 Å². The number of anilines is 1. The fourth-order valence-corrected chi connectivity index (χ4v) is 3.37. The summed E-state index contributed by atoms with van der Waals surface area (Å²) in [6.07, 6.45) is -8.71. The second kappa shape index (κ2) is 8.57. The fourth-order valence-electron chi connectivity index (χ4n) is 3.37. The topological polar surface area (TPSA) is 50.7 Å². The molecule has 0 spiro atoms. The van der Waals surface area contributed by atoms with Crippen LogP contribution in [0, 0.1) is 6.92 Å². The molecule has 0 saturated carbocycles. The van der Waals surface area contributed by atoms with Crippen molar-refractivity contribution in [1.82, 2.24) is 0 Å². The number of ether oxygens (including phenoxy) is 2. The molecule has 0 amide bonds. The molecule has 0 atom stereocenters. The van der Waals surface area contributed by atoms with Crippen LogP contribution in [0.5, 0.6) is 11.5 Å². The Kier molecular flexibility index (Phi) is 6.32. The predicted molar refractivity (Wildman–Crippen MR) is 117 cm³/mol. The molecule has 2 aromatic rings. The Labute approximate surface area is 188 Å². The summed E-state index contributed by atoms with van der Waals surface area (Å²) in [6.45, 7) is 6.14. The number of fused-ring (bicyclic) bond motifs is 1. The maximum atomic E-state index is 13.3. The molecule has 33 heavy (non-hydrogen) atoms. The Morgan fingerprint density at radius 3 is 2.03 bits per heavy atom. The number of aliphatic hydroxyl groups is 1. The molecule has 1 heterocycles. The molecule has 1 aliphatic rings. The van der Waals surface area contributed by atoms with Gasteiger partial charge < -0.3 is 4.74 Å². The van der Waals surface area contributed by atoms with Crippen molar-refractivity contribution in [3.63, 3.8) is 0 Å². The number of nitrogens with one attached hydrogen (secondary N) is 1. The van der Waals surface area contributed by atoms with Gasteiger partial charge in [-0.25, -0.2) is 0 Å². The zero-order valence-electron chi connectivity index (χ0n) is 18.2. The van der Waals surface area contributed by atoms with E-state index in [1.807, 2.05) is 0 Å². The Hall–Kier alpha value is -3.30. The number of halogens is 5. The average molecular weight is 464 g/mol. The van der Waals surface area contributed by atoms with Gasteiger partial charge in [0.1, 0.15) is 0 Å². The molecule has 2 aromatic carbocycles. The van der Waals surface area contributed by atoms with Crippen LogP contribution in [0.3, 0.4) is 0 Å². The Morgan fingerprint density at radius 1 is 1.00 bits per heavy atom. The van der Waals surface area contributed by atoms with E-state index in [-0.39, 0.29) is 22.7 Å². The summed E-state index contributed by atoms with van der Waals surface area (Å²) in [4.78, 5) is 0. The van der Waals surface area contributed by atoms with Gasteiger partial charge in [0, 0.05) is 0 Å². The van der Waals surface area contributed by atoms with Gasteiger partial charge in [-0.15, -0.1) is 8.78 Å². The molecule has 0 bridgehead atoms. The fraction of sp³-hybridized carbons (Fsp3) is 0.261. The molecule has 0 unspecified atom stereocenters. The molecule has 0 aromatic heterocycles. The van der Waals surface area contributed by atoms with E-state index in [0.717, 1.165) is 0 Å². The van der Waals surface area contributed by atoms with Crippen LogP contribution >= 0.6 is 0 Å². The van der Waals surface area contributed by atoms with Crippen molar-refractivity contribution in [3.8, 4) is 22.6 Å². The third-order valence-electron chi connectivity index (χ3n) is 4.86. The van der Waals surface area contributed by atoms with Gasteiger partial charge >= 0.3 is 174 Å². The van der Waals surface area contributed by atoms with E-state index in [4.69, 9.17) is 7.49 Å². The molecule has 173 valence electrons. The van der Waals surface area contributed by atoms with Crippen LogP contribution in [0.15, 0.2) is 59.0 Å². The van der Waals surface area contributed by atoms with E-state index in [1.54, 1.807) is 45.0 Å². The predicted octanol–water partition coefficient (Wildman–Crippen LogP) is 6.42. The zero-order valence-corrected chi connectivity index (χ0v) is 18.2. The van der Waals surface area contributed by atoms with Gasteiger partial charge in [-0.3, -0.25) is 0 Å². The number of aryl methyl sites for hydroxylation is 1. The standard InChI is InChI=1S/C23H20BF5NO3/c1-11(2)20(19(13(4)24)21(31)22(25,26)27)30-15-7-5-14(6-8-15)16-10-18-17(9-12(16)3)32-23(28,29)33-18/h5-10,30-31H,1-4H3/b21-19+. The molecule has 0 saturated heterocycles. The van der Waals surface area contributed by atoms with Crippen LogP contribution in [0.4, 0.5) is 27.6 Å². The molecular formula is C23H20BF5NO3. The van der Waals surface area contributed by atoms with Gasteiger partial charge in [-0.2, -0.15) is 0 Å². The molecule has 2 N–H and O–H groups in total. The van der Waals surface area contributed by atoms with E-state index in [2.05, 4.69) is 14.8 Å². The molecule has 0 aliphatic carbocycles.